The van der Waals surface area contributed by atoms with E-state index in [4.69, 9.17) is 0 Å². The molecule has 1 N–H and O–H groups in total. The van der Waals surface area contributed by atoms with Gasteiger partial charge in [0.25, 0.3) is 0 Å². The molecule has 1 aliphatic heterocycles. The molecule has 2 heteroatoms. The molecule has 0 saturated carbocycles. The van der Waals surface area contributed by atoms with E-state index < -0.39 is 0 Å². The summed E-state index contributed by atoms with van der Waals surface area (Å²) in [5.41, 5.74) is 1.99. The van der Waals surface area contributed by atoms with Gasteiger partial charge in [0.2, 0.25) is 5.91 Å². The van der Waals surface area contributed by atoms with Crippen LogP contribution in [0.4, 0.5) is 0 Å². The Labute approximate surface area is 83.6 Å². The molecule has 2 rings (SSSR count). The Kier molecular flexibility index (Phi) is 2.63. The van der Waals surface area contributed by atoms with E-state index in [1.54, 1.807) is 0 Å². The first kappa shape index (κ1) is 9.00. The van der Waals surface area contributed by atoms with Crippen LogP contribution in [0.1, 0.15) is 18.4 Å². The Balaban J connectivity index is 2.21. The van der Waals surface area contributed by atoms with Gasteiger partial charge in [-0.05, 0) is 24.5 Å². The zero-order chi connectivity index (χ0) is 9.80. The van der Waals surface area contributed by atoms with Crippen molar-refractivity contribution in [3.05, 3.63) is 41.5 Å². The smallest absolute Gasteiger partial charge is 0.247 e. The Morgan fingerprint density at radius 3 is 2.71 bits per heavy atom. The minimum absolute atomic E-state index is 0.0834. The topological polar surface area (TPSA) is 29.1 Å². The Morgan fingerprint density at radius 1 is 1.21 bits per heavy atom. The van der Waals surface area contributed by atoms with Gasteiger partial charge >= 0.3 is 0 Å². The van der Waals surface area contributed by atoms with Gasteiger partial charge in [0.05, 0.1) is 0 Å². The van der Waals surface area contributed by atoms with Crippen LogP contribution in [0.2, 0.25) is 0 Å². The number of piperidine rings is 1. The lowest BCUT2D eigenvalue weighted by Gasteiger charge is -2.14. The van der Waals surface area contributed by atoms with Crippen molar-refractivity contribution in [3.63, 3.8) is 0 Å². The molecule has 1 saturated heterocycles. The van der Waals surface area contributed by atoms with Crippen LogP contribution >= 0.6 is 0 Å². The molecule has 0 unspecified atom stereocenters. The molecule has 2 nitrogen and oxygen atoms in total. The number of benzene rings is 1. The third kappa shape index (κ3) is 2.02. The molecule has 1 fully saturated rings. The van der Waals surface area contributed by atoms with Gasteiger partial charge in [-0.1, -0.05) is 30.3 Å². The molecule has 0 atom stereocenters. The molecule has 0 aromatic heterocycles. The van der Waals surface area contributed by atoms with Crippen LogP contribution in [0.25, 0.3) is 6.08 Å². The zero-order valence-electron chi connectivity index (χ0n) is 7.99. The van der Waals surface area contributed by atoms with E-state index in [0.717, 1.165) is 30.5 Å². The van der Waals surface area contributed by atoms with Crippen LogP contribution in [0.15, 0.2) is 35.9 Å². The lowest BCUT2D eigenvalue weighted by atomic mass is 10.0. The summed E-state index contributed by atoms with van der Waals surface area (Å²) in [5, 5.41) is 2.85. The zero-order valence-corrected chi connectivity index (χ0v) is 7.99. The van der Waals surface area contributed by atoms with Gasteiger partial charge < -0.3 is 5.32 Å². The first-order chi connectivity index (χ1) is 6.86. The van der Waals surface area contributed by atoms with Crippen LogP contribution in [0, 0.1) is 0 Å². The van der Waals surface area contributed by atoms with E-state index in [1.807, 2.05) is 36.4 Å². The molecular formula is C12H13NO. The highest BCUT2D eigenvalue weighted by Crippen LogP contribution is 2.14. The predicted molar refractivity (Wildman–Crippen MR) is 56.7 cm³/mol. The highest BCUT2D eigenvalue weighted by Gasteiger charge is 2.13. The van der Waals surface area contributed by atoms with E-state index in [2.05, 4.69) is 5.32 Å². The Hall–Kier alpha value is -1.57. The van der Waals surface area contributed by atoms with E-state index >= 15 is 0 Å². The van der Waals surface area contributed by atoms with Crippen molar-refractivity contribution in [1.82, 2.24) is 5.32 Å². The summed E-state index contributed by atoms with van der Waals surface area (Å²) in [6.45, 7) is 0.810. The Morgan fingerprint density at radius 2 is 2.00 bits per heavy atom. The summed E-state index contributed by atoms with van der Waals surface area (Å²) < 4.78 is 0. The average Bonchev–Trinajstić information content (AvgIpc) is 2.23. The fourth-order valence-corrected chi connectivity index (χ4v) is 1.60. The minimum atomic E-state index is 0.0834. The summed E-state index contributed by atoms with van der Waals surface area (Å²) in [6.07, 6.45) is 3.90. The van der Waals surface area contributed by atoms with Crippen molar-refractivity contribution in [2.45, 2.75) is 12.8 Å². The number of hydrogen-bond acceptors (Lipinski definition) is 1. The normalized spacial score (nSPS) is 19.4. The maximum Gasteiger partial charge on any atom is 0.247 e. The average molecular weight is 187 g/mol. The van der Waals surface area contributed by atoms with E-state index in [1.165, 1.54) is 0 Å². The fourth-order valence-electron chi connectivity index (χ4n) is 1.60. The largest absolute Gasteiger partial charge is 0.352 e. The van der Waals surface area contributed by atoms with Crippen molar-refractivity contribution >= 4 is 12.0 Å². The van der Waals surface area contributed by atoms with Gasteiger partial charge in [-0.2, -0.15) is 0 Å². The van der Waals surface area contributed by atoms with Crippen molar-refractivity contribution in [1.29, 1.82) is 0 Å². The molecule has 14 heavy (non-hydrogen) atoms. The maximum atomic E-state index is 11.4. The minimum Gasteiger partial charge on any atom is -0.352 e. The second-order valence-electron chi connectivity index (χ2n) is 3.44. The van der Waals surface area contributed by atoms with Crippen LogP contribution in [0.3, 0.4) is 0 Å². The van der Waals surface area contributed by atoms with E-state index in [0.29, 0.717) is 0 Å². The number of nitrogens with one attached hydrogen (secondary N) is 1. The number of hydrogen-bond donors (Lipinski definition) is 1. The van der Waals surface area contributed by atoms with Gasteiger partial charge in [0.15, 0.2) is 0 Å². The molecule has 0 bridgehead atoms. The van der Waals surface area contributed by atoms with Gasteiger partial charge in [0.1, 0.15) is 0 Å². The summed E-state index contributed by atoms with van der Waals surface area (Å²) in [5.74, 6) is 0.0834. The molecule has 72 valence electrons. The molecule has 0 radical (unpaired) electrons. The highest BCUT2D eigenvalue weighted by molar-refractivity contribution is 5.98. The molecular weight excluding hydrogens is 174 g/mol. The van der Waals surface area contributed by atoms with Crippen molar-refractivity contribution in [2.24, 2.45) is 0 Å². The maximum absolute atomic E-state index is 11.4. The lowest BCUT2D eigenvalue weighted by Crippen LogP contribution is -2.30. The van der Waals surface area contributed by atoms with Crippen LogP contribution in [0.5, 0.6) is 0 Å². The summed E-state index contributed by atoms with van der Waals surface area (Å²) in [6, 6.07) is 9.95. The van der Waals surface area contributed by atoms with Gasteiger partial charge in [-0.3, -0.25) is 4.79 Å². The quantitative estimate of drug-likeness (QED) is 0.669. The standard InChI is InChI=1S/C12H13NO/c14-12-11(7-4-8-13-12)9-10-5-2-1-3-6-10/h1-3,5-6,9H,4,7-8H2,(H,13,14)/b11-9-. The van der Waals surface area contributed by atoms with Crippen LogP contribution < -0.4 is 5.32 Å². The Bertz CT molecular complexity index is 354. The predicted octanol–water partition coefficient (Wildman–Crippen LogP) is 1.98. The molecule has 1 heterocycles. The molecule has 1 aromatic rings. The summed E-state index contributed by atoms with van der Waals surface area (Å²) in [4.78, 5) is 11.4. The lowest BCUT2D eigenvalue weighted by molar-refractivity contribution is -0.118. The molecule has 0 spiro atoms. The third-order valence-electron chi connectivity index (χ3n) is 2.34. The number of amides is 1. The third-order valence-corrected chi connectivity index (χ3v) is 2.34. The molecule has 1 aliphatic rings. The number of carbonyl (C=O) groups excluding carboxylic acids is 1. The van der Waals surface area contributed by atoms with E-state index in [-0.39, 0.29) is 5.91 Å². The highest BCUT2D eigenvalue weighted by atomic mass is 16.1. The van der Waals surface area contributed by atoms with Crippen molar-refractivity contribution in [3.8, 4) is 0 Å². The van der Waals surface area contributed by atoms with Crippen molar-refractivity contribution in [2.75, 3.05) is 6.54 Å². The summed E-state index contributed by atoms with van der Waals surface area (Å²) in [7, 11) is 0. The second kappa shape index (κ2) is 4.09. The first-order valence-electron chi connectivity index (χ1n) is 4.90. The molecule has 0 aliphatic carbocycles. The van der Waals surface area contributed by atoms with Crippen LogP contribution in [-0.4, -0.2) is 12.5 Å². The van der Waals surface area contributed by atoms with Gasteiger partial charge in [0, 0.05) is 12.1 Å². The number of carbonyl (C=O) groups is 1. The van der Waals surface area contributed by atoms with Gasteiger partial charge in [-0.25, -0.2) is 0 Å². The van der Waals surface area contributed by atoms with E-state index in [9.17, 15) is 4.79 Å². The second-order valence-corrected chi connectivity index (χ2v) is 3.44. The van der Waals surface area contributed by atoms with Crippen LogP contribution in [-0.2, 0) is 4.79 Å². The SMILES string of the molecule is O=C1NCCC/C1=C/c1ccccc1. The summed E-state index contributed by atoms with van der Waals surface area (Å²) >= 11 is 0. The molecule has 1 amide bonds. The van der Waals surface area contributed by atoms with Gasteiger partial charge in [-0.15, -0.1) is 0 Å². The molecule has 1 aromatic carbocycles. The van der Waals surface area contributed by atoms with Crippen molar-refractivity contribution < 1.29 is 4.79 Å². The first-order valence-corrected chi connectivity index (χ1v) is 4.90. The number of rotatable bonds is 1. The fraction of sp³-hybridized carbons (Fsp3) is 0.250. The monoisotopic (exact) mass is 187 g/mol.